The van der Waals surface area contributed by atoms with Crippen molar-refractivity contribution in [3.8, 4) is 11.1 Å². The molecule has 1 amide bonds. The summed E-state index contributed by atoms with van der Waals surface area (Å²) in [4.78, 5) is 13.5. The number of fused-ring (bicyclic) bond motifs is 1. The maximum atomic E-state index is 11.9. The quantitative estimate of drug-likeness (QED) is 0.730. The molecule has 0 atom stereocenters. The van der Waals surface area contributed by atoms with Crippen LogP contribution in [-0.2, 0) is 11.2 Å². The summed E-state index contributed by atoms with van der Waals surface area (Å²) in [7, 11) is 3.52. The minimum Gasteiger partial charge on any atom is -0.460 e. The van der Waals surface area contributed by atoms with Crippen LogP contribution in [0, 0.1) is 6.92 Å². The molecule has 0 saturated heterocycles. The summed E-state index contributed by atoms with van der Waals surface area (Å²) >= 11 is 0. The van der Waals surface area contributed by atoms with Crippen molar-refractivity contribution in [2.45, 2.75) is 13.3 Å². The zero-order valence-corrected chi connectivity index (χ0v) is 13.1. The SMILES string of the molecule is Cc1c(CC(=O)N(C)C)oc2ccc(-c3ccccc3)cc12. The highest BCUT2D eigenvalue weighted by Gasteiger charge is 2.15. The van der Waals surface area contributed by atoms with Crippen molar-refractivity contribution in [2.24, 2.45) is 0 Å². The molecule has 1 aromatic heterocycles. The van der Waals surface area contributed by atoms with Crippen molar-refractivity contribution in [1.82, 2.24) is 4.90 Å². The topological polar surface area (TPSA) is 33.5 Å². The number of likely N-dealkylation sites (N-methyl/N-ethyl adjacent to an activating group) is 1. The predicted molar refractivity (Wildman–Crippen MR) is 88.8 cm³/mol. The van der Waals surface area contributed by atoms with Gasteiger partial charge < -0.3 is 9.32 Å². The van der Waals surface area contributed by atoms with Gasteiger partial charge in [-0.2, -0.15) is 0 Å². The zero-order chi connectivity index (χ0) is 15.7. The molecule has 3 rings (SSSR count). The Labute approximate surface area is 130 Å². The van der Waals surface area contributed by atoms with Crippen molar-refractivity contribution in [3.63, 3.8) is 0 Å². The molecule has 112 valence electrons. The molecule has 0 saturated carbocycles. The molecule has 0 N–H and O–H groups in total. The predicted octanol–water partition coefficient (Wildman–Crippen LogP) is 4.04. The van der Waals surface area contributed by atoms with Gasteiger partial charge in [-0.3, -0.25) is 4.79 Å². The Morgan fingerprint density at radius 1 is 1.05 bits per heavy atom. The van der Waals surface area contributed by atoms with Gasteiger partial charge in [-0.1, -0.05) is 36.4 Å². The molecule has 0 spiro atoms. The molecule has 0 radical (unpaired) electrons. The molecule has 0 aliphatic carbocycles. The number of hydrogen-bond donors (Lipinski definition) is 0. The second kappa shape index (κ2) is 5.68. The van der Waals surface area contributed by atoms with Gasteiger partial charge in [-0.05, 0) is 35.7 Å². The second-order valence-electron chi connectivity index (χ2n) is 5.69. The van der Waals surface area contributed by atoms with Gasteiger partial charge in [-0.25, -0.2) is 0 Å². The fourth-order valence-electron chi connectivity index (χ4n) is 2.55. The van der Waals surface area contributed by atoms with Crippen molar-refractivity contribution in [1.29, 1.82) is 0 Å². The molecule has 0 unspecified atom stereocenters. The van der Waals surface area contributed by atoms with Crippen LogP contribution in [0.3, 0.4) is 0 Å². The van der Waals surface area contributed by atoms with Crippen LogP contribution in [0.2, 0.25) is 0 Å². The Hall–Kier alpha value is -2.55. The smallest absolute Gasteiger partial charge is 0.229 e. The van der Waals surface area contributed by atoms with E-state index in [2.05, 4.69) is 24.3 Å². The number of benzene rings is 2. The van der Waals surface area contributed by atoms with Crippen LogP contribution in [0.5, 0.6) is 0 Å². The first-order valence-electron chi connectivity index (χ1n) is 7.34. The van der Waals surface area contributed by atoms with Crippen LogP contribution < -0.4 is 0 Å². The van der Waals surface area contributed by atoms with Crippen LogP contribution >= 0.6 is 0 Å². The Morgan fingerprint density at radius 2 is 1.77 bits per heavy atom. The van der Waals surface area contributed by atoms with E-state index in [1.807, 2.05) is 31.2 Å². The minimum atomic E-state index is 0.0467. The maximum absolute atomic E-state index is 11.9. The molecule has 22 heavy (non-hydrogen) atoms. The van der Waals surface area contributed by atoms with Crippen molar-refractivity contribution in [3.05, 3.63) is 59.9 Å². The first-order chi connectivity index (χ1) is 10.6. The summed E-state index contributed by atoms with van der Waals surface area (Å²) in [6, 6.07) is 16.4. The van der Waals surface area contributed by atoms with Crippen molar-refractivity contribution >= 4 is 16.9 Å². The number of aryl methyl sites for hydroxylation is 1. The van der Waals surface area contributed by atoms with E-state index in [9.17, 15) is 4.79 Å². The second-order valence-corrected chi connectivity index (χ2v) is 5.69. The standard InChI is InChI=1S/C19H19NO2/c1-13-16-11-15(14-7-5-4-6-8-14)9-10-17(16)22-18(13)12-19(21)20(2)3/h4-11H,12H2,1-3H3. The Morgan fingerprint density at radius 3 is 2.45 bits per heavy atom. The van der Waals surface area contributed by atoms with E-state index in [1.165, 1.54) is 5.56 Å². The van der Waals surface area contributed by atoms with Gasteiger partial charge in [0.15, 0.2) is 0 Å². The lowest BCUT2D eigenvalue weighted by molar-refractivity contribution is -0.128. The van der Waals surface area contributed by atoms with Crippen LogP contribution in [0.4, 0.5) is 0 Å². The van der Waals surface area contributed by atoms with Gasteiger partial charge in [0.25, 0.3) is 0 Å². The third-order valence-corrected chi connectivity index (χ3v) is 3.95. The lowest BCUT2D eigenvalue weighted by Crippen LogP contribution is -2.23. The maximum Gasteiger partial charge on any atom is 0.229 e. The number of carbonyl (C=O) groups excluding carboxylic acids is 1. The highest BCUT2D eigenvalue weighted by Crippen LogP contribution is 2.30. The zero-order valence-electron chi connectivity index (χ0n) is 13.1. The van der Waals surface area contributed by atoms with E-state index < -0.39 is 0 Å². The van der Waals surface area contributed by atoms with Gasteiger partial charge in [0.2, 0.25) is 5.91 Å². The van der Waals surface area contributed by atoms with Crippen molar-refractivity contribution in [2.75, 3.05) is 14.1 Å². The van der Waals surface area contributed by atoms with Crippen LogP contribution in [0.1, 0.15) is 11.3 Å². The first kappa shape index (κ1) is 14.4. The van der Waals surface area contributed by atoms with E-state index in [0.717, 1.165) is 27.9 Å². The van der Waals surface area contributed by atoms with E-state index in [1.54, 1.807) is 19.0 Å². The normalized spacial score (nSPS) is 10.9. The highest BCUT2D eigenvalue weighted by molar-refractivity contribution is 5.88. The van der Waals surface area contributed by atoms with Crippen LogP contribution in [-0.4, -0.2) is 24.9 Å². The van der Waals surface area contributed by atoms with Crippen LogP contribution in [0.25, 0.3) is 22.1 Å². The van der Waals surface area contributed by atoms with Gasteiger partial charge in [0.1, 0.15) is 11.3 Å². The fraction of sp³-hybridized carbons (Fsp3) is 0.211. The third-order valence-electron chi connectivity index (χ3n) is 3.95. The molecule has 0 aliphatic rings. The summed E-state index contributed by atoms with van der Waals surface area (Å²) in [5.74, 6) is 0.796. The van der Waals surface area contributed by atoms with E-state index >= 15 is 0 Å². The molecule has 0 bridgehead atoms. The van der Waals surface area contributed by atoms with Gasteiger partial charge in [0, 0.05) is 19.5 Å². The van der Waals surface area contributed by atoms with E-state index in [0.29, 0.717) is 6.42 Å². The summed E-state index contributed by atoms with van der Waals surface area (Å²) in [6.45, 7) is 2.01. The molecule has 3 aromatic rings. The van der Waals surface area contributed by atoms with Gasteiger partial charge in [-0.15, -0.1) is 0 Å². The number of amides is 1. The highest BCUT2D eigenvalue weighted by atomic mass is 16.3. The molecular formula is C19H19NO2. The average Bonchev–Trinajstić information content (AvgIpc) is 2.84. The minimum absolute atomic E-state index is 0.0467. The third kappa shape index (κ3) is 2.62. The summed E-state index contributed by atoms with van der Waals surface area (Å²) in [5, 5.41) is 1.07. The molecule has 2 aromatic carbocycles. The largest absolute Gasteiger partial charge is 0.460 e. The molecule has 3 nitrogen and oxygen atoms in total. The molecule has 3 heteroatoms. The van der Waals surface area contributed by atoms with Crippen molar-refractivity contribution < 1.29 is 9.21 Å². The monoisotopic (exact) mass is 293 g/mol. The fourth-order valence-corrected chi connectivity index (χ4v) is 2.55. The summed E-state index contributed by atoms with van der Waals surface area (Å²) in [5.41, 5.74) is 4.21. The number of hydrogen-bond acceptors (Lipinski definition) is 2. The Balaban J connectivity index is 2.02. The Kier molecular flexibility index (Phi) is 3.72. The molecular weight excluding hydrogens is 274 g/mol. The number of furan rings is 1. The summed E-state index contributed by atoms with van der Waals surface area (Å²) < 4.78 is 5.86. The molecule has 1 heterocycles. The van der Waals surface area contributed by atoms with Gasteiger partial charge in [0.05, 0.1) is 6.42 Å². The van der Waals surface area contributed by atoms with E-state index in [-0.39, 0.29) is 5.91 Å². The lowest BCUT2D eigenvalue weighted by Gasteiger charge is -2.08. The first-order valence-corrected chi connectivity index (χ1v) is 7.34. The van der Waals surface area contributed by atoms with E-state index in [4.69, 9.17) is 4.42 Å². The number of nitrogens with zero attached hydrogens (tertiary/aromatic N) is 1. The number of carbonyl (C=O) groups is 1. The number of rotatable bonds is 3. The lowest BCUT2D eigenvalue weighted by atomic mass is 10.0. The Bertz CT molecular complexity index is 816. The van der Waals surface area contributed by atoms with Crippen LogP contribution in [0.15, 0.2) is 52.9 Å². The summed E-state index contributed by atoms with van der Waals surface area (Å²) in [6.07, 6.45) is 0.300. The average molecular weight is 293 g/mol. The molecule has 0 fully saturated rings. The van der Waals surface area contributed by atoms with Gasteiger partial charge >= 0.3 is 0 Å². The molecule has 0 aliphatic heterocycles.